The van der Waals surface area contributed by atoms with Crippen LogP contribution in [0.1, 0.15) is 42.3 Å². The van der Waals surface area contributed by atoms with E-state index in [2.05, 4.69) is 20.3 Å². The normalized spacial score (nSPS) is 23.2. The molecular formula is C23H25FN4O3S. The Morgan fingerprint density at radius 1 is 1.22 bits per heavy atom. The van der Waals surface area contributed by atoms with Crippen molar-refractivity contribution in [2.45, 2.75) is 45.6 Å². The van der Waals surface area contributed by atoms with Crippen LogP contribution in [-0.2, 0) is 10.4 Å². The Morgan fingerprint density at radius 3 is 2.69 bits per heavy atom. The lowest BCUT2D eigenvalue weighted by Crippen LogP contribution is -2.38. The molecule has 3 N–H and O–H groups in total. The molecule has 168 valence electrons. The molecule has 0 saturated heterocycles. The van der Waals surface area contributed by atoms with E-state index in [1.165, 1.54) is 17.5 Å². The SMILES string of the molecule is Cc1cc(Nc2cc(C)c(F)cn2)nc(-c2cnc(C3(O)CCC(C(=O)O)C(C)C3)s2)c1. The molecule has 0 radical (unpaired) electrons. The fourth-order valence-corrected chi connectivity index (χ4v) is 5.22. The number of carboxylic acids is 1. The number of nitrogens with one attached hydrogen (secondary N) is 1. The van der Waals surface area contributed by atoms with Gasteiger partial charge in [-0.25, -0.2) is 19.3 Å². The van der Waals surface area contributed by atoms with Gasteiger partial charge < -0.3 is 15.5 Å². The number of thiazole rings is 1. The van der Waals surface area contributed by atoms with Crippen molar-refractivity contribution in [3.63, 3.8) is 0 Å². The average molecular weight is 457 g/mol. The molecule has 3 aromatic rings. The molecule has 32 heavy (non-hydrogen) atoms. The van der Waals surface area contributed by atoms with Crippen LogP contribution in [0.5, 0.6) is 0 Å². The van der Waals surface area contributed by atoms with E-state index in [1.807, 2.05) is 26.0 Å². The maximum Gasteiger partial charge on any atom is 0.306 e. The maximum absolute atomic E-state index is 13.5. The molecule has 3 atom stereocenters. The summed E-state index contributed by atoms with van der Waals surface area (Å²) in [6.07, 6.45) is 4.01. The zero-order valence-electron chi connectivity index (χ0n) is 18.1. The number of hydrogen-bond acceptors (Lipinski definition) is 7. The van der Waals surface area contributed by atoms with Crippen LogP contribution < -0.4 is 5.32 Å². The van der Waals surface area contributed by atoms with Crippen molar-refractivity contribution in [2.24, 2.45) is 11.8 Å². The summed E-state index contributed by atoms with van der Waals surface area (Å²) < 4.78 is 13.5. The lowest BCUT2D eigenvalue weighted by atomic mass is 9.72. The van der Waals surface area contributed by atoms with Crippen molar-refractivity contribution in [3.8, 4) is 10.6 Å². The summed E-state index contributed by atoms with van der Waals surface area (Å²) in [6.45, 7) is 5.48. The maximum atomic E-state index is 13.5. The summed E-state index contributed by atoms with van der Waals surface area (Å²) in [5.74, 6) is -0.688. The number of carbonyl (C=O) groups is 1. The third-order valence-corrected chi connectivity index (χ3v) is 7.17. The summed E-state index contributed by atoms with van der Waals surface area (Å²) in [5.41, 5.74) is 1.03. The fraction of sp³-hybridized carbons (Fsp3) is 0.391. The van der Waals surface area contributed by atoms with Crippen LogP contribution in [0, 0.1) is 31.5 Å². The van der Waals surface area contributed by atoms with Crippen molar-refractivity contribution in [2.75, 3.05) is 5.32 Å². The van der Waals surface area contributed by atoms with Gasteiger partial charge in [-0.05, 0) is 68.4 Å². The summed E-state index contributed by atoms with van der Waals surface area (Å²) in [6, 6.07) is 5.42. The van der Waals surface area contributed by atoms with Crippen LogP contribution in [0.2, 0.25) is 0 Å². The molecule has 1 aliphatic rings. The monoisotopic (exact) mass is 456 g/mol. The second kappa shape index (κ2) is 8.55. The van der Waals surface area contributed by atoms with Gasteiger partial charge in [0.1, 0.15) is 28.1 Å². The number of rotatable bonds is 5. The molecule has 3 unspecified atom stereocenters. The minimum Gasteiger partial charge on any atom is -0.481 e. The number of aryl methyl sites for hydroxylation is 2. The molecule has 3 aromatic heterocycles. The molecule has 7 nitrogen and oxygen atoms in total. The van der Waals surface area contributed by atoms with Crippen LogP contribution in [0.3, 0.4) is 0 Å². The Labute approximate surface area is 189 Å². The first kappa shape index (κ1) is 22.3. The fourth-order valence-electron chi connectivity index (χ4n) is 4.22. The van der Waals surface area contributed by atoms with E-state index in [0.717, 1.165) is 10.4 Å². The molecular weight excluding hydrogens is 431 g/mol. The first-order valence-electron chi connectivity index (χ1n) is 10.4. The quantitative estimate of drug-likeness (QED) is 0.506. The Bertz CT molecular complexity index is 1170. The highest BCUT2D eigenvalue weighted by molar-refractivity contribution is 7.15. The van der Waals surface area contributed by atoms with Crippen molar-refractivity contribution in [1.82, 2.24) is 15.0 Å². The minimum absolute atomic E-state index is 0.141. The molecule has 0 spiro atoms. The first-order chi connectivity index (χ1) is 15.1. The smallest absolute Gasteiger partial charge is 0.306 e. The number of aliphatic carboxylic acids is 1. The molecule has 0 aliphatic heterocycles. The van der Waals surface area contributed by atoms with Crippen molar-refractivity contribution < 1.29 is 19.4 Å². The van der Waals surface area contributed by atoms with Gasteiger partial charge in [0.05, 0.1) is 22.7 Å². The standard InChI is InChI=1S/C23H25FN4O3S/c1-12-6-17(27-20(7-12)28-19-8-13(2)16(24)10-25-19)18-11-26-22(32-18)23(31)5-4-15(21(29)30)14(3)9-23/h6-8,10-11,14-15,31H,4-5,9H2,1-3H3,(H,29,30)(H,25,27,28). The van der Waals surface area contributed by atoms with Crippen molar-refractivity contribution >= 4 is 28.9 Å². The van der Waals surface area contributed by atoms with Gasteiger partial charge in [-0.3, -0.25) is 4.79 Å². The largest absolute Gasteiger partial charge is 0.481 e. The number of halogens is 1. The number of nitrogens with zero attached hydrogens (tertiary/aromatic N) is 3. The van der Waals surface area contributed by atoms with Gasteiger partial charge in [0.2, 0.25) is 0 Å². The van der Waals surface area contributed by atoms with Gasteiger partial charge in [0.15, 0.2) is 0 Å². The zero-order valence-corrected chi connectivity index (χ0v) is 18.9. The lowest BCUT2D eigenvalue weighted by Gasteiger charge is -2.37. The predicted molar refractivity (Wildman–Crippen MR) is 120 cm³/mol. The average Bonchev–Trinajstić information content (AvgIpc) is 3.21. The van der Waals surface area contributed by atoms with Gasteiger partial charge in [0, 0.05) is 6.20 Å². The molecule has 1 fully saturated rings. The Morgan fingerprint density at radius 2 is 2.00 bits per heavy atom. The van der Waals surface area contributed by atoms with Crippen LogP contribution in [-0.4, -0.2) is 31.1 Å². The topological polar surface area (TPSA) is 108 Å². The third-order valence-electron chi connectivity index (χ3n) is 5.96. The Hall–Kier alpha value is -2.91. The van der Waals surface area contributed by atoms with Gasteiger partial charge in [-0.15, -0.1) is 11.3 Å². The second-order valence-electron chi connectivity index (χ2n) is 8.58. The van der Waals surface area contributed by atoms with Crippen LogP contribution in [0.15, 0.2) is 30.6 Å². The van der Waals surface area contributed by atoms with Crippen molar-refractivity contribution in [1.29, 1.82) is 0 Å². The van der Waals surface area contributed by atoms with E-state index >= 15 is 0 Å². The number of pyridine rings is 2. The predicted octanol–water partition coefficient (Wildman–Crippen LogP) is 4.81. The molecule has 4 rings (SSSR count). The third kappa shape index (κ3) is 4.49. The van der Waals surface area contributed by atoms with Gasteiger partial charge in [-0.2, -0.15) is 0 Å². The molecule has 0 aromatic carbocycles. The van der Waals surface area contributed by atoms with Gasteiger partial charge in [-0.1, -0.05) is 6.92 Å². The summed E-state index contributed by atoms with van der Waals surface area (Å²) >= 11 is 1.37. The van der Waals surface area contributed by atoms with Gasteiger partial charge in [0.25, 0.3) is 0 Å². The molecule has 9 heteroatoms. The van der Waals surface area contributed by atoms with Crippen LogP contribution >= 0.6 is 11.3 Å². The van der Waals surface area contributed by atoms with E-state index in [9.17, 15) is 19.4 Å². The molecule has 1 aliphatic carbocycles. The minimum atomic E-state index is -1.13. The van der Waals surface area contributed by atoms with Crippen molar-refractivity contribution in [3.05, 3.63) is 52.5 Å². The number of anilines is 2. The van der Waals surface area contributed by atoms with Gasteiger partial charge >= 0.3 is 5.97 Å². The highest BCUT2D eigenvalue weighted by Crippen LogP contribution is 2.45. The van der Waals surface area contributed by atoms with E-state index < -0.39 is 17.5 Å². The summed E-state index contributed by atoms with van der Waals surface area (Å²) in [7, 11) is 0. The molecule has 1 saturated carbocycles. The van der Waals surface area contributed by atoms with E-state index in [4.69, 9.17) is 0 Å². The summed E-state index contributed by atoms with van der Waals surface area (Å²) in [4.78, 5) is 25.4. The number of aromatic nitrogens is 3. The Balaban J connectivity index is 1.57. The lowest BCUT2D eigenvalue weighted by molar-refractivity contribution is -0.148. The Kier molecular flexibility index (Phi) is 5.96. The zero-order chi connectivity index (χ0) is 23.0. The number of aliphatic hydroxyl groups is 1. The number of carboxylic acid groups (broad SMARTS) is 1. The van der Waals surface area contributed by atoms with E-state index in [0.29, 0.717) is 47.2 Å². The summed E-state index contributed by atoms with van der Waals surface area (Å²) in [5, 5.41) is 24.3. The van der Waals surface area contributed by atoms with Crippen LogP contribution in [0.4, 0.5) is 16.0 Å². The highest BCUT2D eigenvalue weighted by atomic mass is 32.1. The van der Waals surface area contributed by atoms with E-state index in [-0.39, 0.29) is 11.7 Å². The molecule has 0 amide bonds. The second-order valence-corrected chi connectivity index (χ2v) is 9.62. The van der Waals surface area contributed by atoms with Crippen LogP contribution in [0.25, 0.3) is 10.6 Å². The van der Waals surface area contributed by atoms with E-state index in [1.54, 1.807) is 19.2 Å². The molecule has 0 bridgehead atoms. The molecule has 3 heterocycles. The highest BCUT2D eigenvalue weighted by Gasteiger charge is 2.43. The first-order valence-corrected chi connectivity index (χ1v) is 11.3. The number of hydrogen-bond donors (Lipinski definition) is 3.